The number of carbonyl (C=O) groups is 1. The van der Waals surface area contributed by atoms with E-state index in [1.54, 1.807) is 9.42 Å². The molecule has 3 aromatic rings. The van der Waals surface area contributed by atoms with Crippen molar-refractivity contribution in [3.05, 3.63) is 42.5 Å². The summed E-state index contributed by atoms with van der Waals surface area (Å²) in [6, 6.07) is 6.01. The van der Waals surface area contributed by atoms with Crippen molar-refractivity contribution < 1.29 is 14.3 Å². The van der Waals surface area contributed by atoms with Crippen LogP contribution in [0.4, 0.5) is 10.6 Å². The van der Waals surface area contributed by atoms with Gasteiger partial charge in [-0.2, -0.15) is 5.10 Å². The molecule has 5 rings (SSSR count). The van der Waals surface area contributed by atoms with Crippen LogP contribution in [-0.4, -0.2) is 75.6 Å². The average molecular weight is 437 g/mol. The summed E-state index contributed by atoms with van der Waals surface area (Å²) in [5.41, 5.74) is 3.46. The van der Waals surface area contributed by atoms with Gasteiger partial charge in [0.1, 0.15) is 5.82 Å². The zero-order valence-electron chi connectivity index (χ0n) is 18.5. The van der Waals surface area contributed by atoms with Crippen molar-refractivity contribution in [1.82, 2.24) is 24.5 Å². The number of rotatable bonds is 5. The lowest BCUT2D eigenvalue weighted by molar-refractivity contribution is -0.172. The van der Waals surface area contributed by atoms with Crippen LogP contribution in [0.5, 0.6) is 0 Å². The van der Waals surface area contributed by atoms with Gasteiger partial charge in [0, 0.05) is 55.4 Å². The first-order chi connectivity index (χ1) is 15.6. The van der Waals surface area contributed by atoms with Crippen LogP contribution in [0.25, 0.3) is 16.8 Å². The largest absolute Gasteiger partial charge is 0.438 e. The average Bonchev–Trinajstić information content (AvgIpc) is 3.22. The second kappa shape index (κ2) is 8.38. The number of carbonyl (C=O) groups excluding carboxylic acids is 1. The summed E-state index contributed by atoms with van der Waals surface area (Å²) in [6.07, 6.45) is 7.31. The molecule has 9 heteroatoms. The molecule has 2 aliphatic heterocycles. The van der Waals surface area contributed by atoms with E-state index in [2.05, 4.69) is 28.0 Å². The molecule has 5 heterocycles. The van der Waals surface area contributed by atoms with Gasteiger partial charge < -0.3 is 19.3 Å². The van der Waals surface area contributed by atoms with Crippen molar-refractivity contribution in [3.8, 4) is 11.1 Å². The molecule has 2 saturated heterocycles. The maximum atomic E-state index is 12.5. The number of ether oxygens (including phenoxy) is 2. The van der Waals surface area contributed by atoms with Crippen LogP contribution in [0.2, 0.25) is 0 Å². The third-order valence-corrected chi connectivity index (χ3v) is 6.03. The Labute approximate surface area is 187 Å². The van der Waals surface area contributed by atoms with Crippen molar-refractivity contribution >= 4 is 17.6 Å². The highest BCUT2D eigenvalue weighted by atomic mass is 16.6. The van der Waals surface area contributed by atoms with Crippen LogP contribution < -0.4 is 4.90 Å². The van der Waals surface area contributed by atoms with E-state index in [1.807, 2.05) is 37.6 Å². The highest BCUT2D eigenvalue weighted by Crippen LogP contribution is 2.28. The van der Waals surface area contributed by atoms with Gasteiger partial charge in [-0.1, -0.05) is 19.4 Å². The SMILES string of the molecule is CCCc1ncccc1-c1cnn2ccc(N3CCN(C(=O)OC4(C)COC4)CC3)nc12. The summed E-state index contributed by atoms with van der Waals surface area (Å²) in [7, 11) is 0. The number of piperazine rings is 1. The Morgan fingerprint density at radius 1 is 1.19 bits per heavy atom. The van der Waals surface area contributed by atoms with Gasteiger partial charge in [-0.3, -0.25) is 4.98 Å². The first-order valence-electron chi connectivity index (χ1n) is 11.2. The minimum atomic E-state index is -0.484. The number of aryl methyl sites for hydroxylation is 1. The molecule has 168 valence electrons. The van der Waals surface area contributed by atoms with Crippen LogP contribution in [-0.2, 0) is 15.9 Å². The topological polar surface area (TPSA) is 85.1 Å². The molecular formula is C23H28N6O3. The lowest BCUT2D eigenvalue weighted by atomic mass is 10.0. The molecule has 32 heavy (non-hydrogen) atoms. The number of aromatic nitrogens is 4. The molecule has 0 spiro atoms. The predicted molar refractivity (Wildman–Crippen MR) is 120 cm³/mol. The van der Waals surface area contributed by atoms with E-state index in [0.717, 1.165) is 41.1 Å². The zero-order valence-corrected chi connectivity index (χ0v) is 18.5. The van der Waals surface area contributed by atoms with Gasteiger partial charge in [0.05, 0.1) is 19.4 Å². The lowest BCUT2D eigenvalue weighted by Crippen LogP contribution is -2.55. The number of fused-ring (bicyclic) bond motifs is 1. The second-order valence-corrected chi connectivity index (χ2v) is 8.64. The maximum absolute atomic E-state index is 12.5. The fourth-order valence-corrected chi connectivity index (χ4v) is 4.19. The van der Waals surface area contributed by atoms with Crippen LogP contribution >= 0.6 is 0 Å². The summed E-state index contributed by atoms with van der Waals surface area (Å²) in [5.74, 6) is 0.882. The highest BCUT2D eigenvalue weighted by Gasteiger charge is 2.39. The van der Waals surface area contributed by atoms with Gasteiger partial charge in [0.25, 0.3) is 0 Å². The number of hydrogen-bond acceptors (Lipinski definition) is 7. The van der Waals surface area contributed by atoms with E-state index >= 15 is 0 Å². The van der Waals surface area contributed by atoms with Crippen molar-refractivity contribution in [2.24, 2.45) is 0 Å². The van der Waals surface area contributed by atoms with Gasteiger partial charge in [0.2, 0.25) is 0 Å². The van der Waals surface area contributed by atoms with Crippen LogP contribution in [0, 0.1) is 0 Å². The Kier molecular flexibility index (Phi) is 5.42. The van der Waals surface area contributed by atoms with Crippen molar-refractivity contribution in [1.29, 1.82) is 0 Å². The van der Waals surface area contributed by atoms with Gasteiger partial charge in [-0.15, -0.1) is 0 Å². The van der Waals surface area contributed by atoms with E-state index in [0.29, 0.717) is 39.4 Å². The minimum Gasteiger partial charge on any atom is -0.438 e. The van der Waals surface area contributed by atoms with Crippen LogP contribution in [0.1, 0.15) is 26.0 Å². The molecule has 0 aromatic carbocycles. The van der Waals surface area contributed by atoms with E-state index in [4.69, 9.17) is 14.5 Å². The highest BCUT2D eigenvalue weighted by molar-refractivity contribution is 5.79. The number of amides is 1. The normalized spacial score (nSPS) is 17.9. The Morgan fingerprint density at radius 2 is 2.00 bits per heavy atom. The summed E-state index contributed by atoms with van der Waals surface area (Å²) >= 11 is 0. The molecular weight excluding hydrogens is 408 g/mol. The third kappa shape index (κ3) is 3.88. The fourth-order valence-electron chi connectivity index (χ4n) is 4.19. The number of hydrogen-bond donors (Lipinski definition) is 0. The van der Waals surface area contributed by atoms with E-state index < -0.39 is 5.60 Å². The monoisotopic (exact) mass is 436 g/mol. The molecule has 1 amide bonds. The Morgan fingerprint density at radius 3 is 2.72 bits per heavy atom. The summed E-state index contributed by atoms with van der Waals surface area (Å²) in [5, 5.41) is 4.49. The van der Waals surface area contributed by atoms with E-state index in [9.17, 15) is 4.79 Å². The summed E-state index contributed by atoms with van der Waals surface area (Å²) < 4.78 is 12.6. The number of nitrogens with zero attached hydrogens (tertiary/aromatic N) is 6. The molecule has 0 unspecified atom stereocenters. The zero-order chi connectivity index (χ0) is 22.1. The Balaban J connectivity index is 1.33. The molecule has 2 fully saturated rings. The smallest absolute Gasteiger partial charge is 0.410 e. The molecule has 9 nitrogen and oxygen atoms in total. The molecule has 0 saturated carbocycles. The quantitative estimate of drug-likeness (QED) is 0.608. The lowest BCUT2D eigenvalue weighted by Gasteiger charge is -2.40. The molecule has 0 N–H and O–H groups in total. The van der Waals surface area contributed by atoms with Crippen molar-refractivity contribution in [3.63, 3.8) is 0 Å². The maximum Gasteiger partial charge on any atom is 0.410 e. The van der Waals surface area contributed by atoms with Gasteiger partial charge in [0.15, 0.2) is 11.2 Å². The fraction of sp³-hybridized carbons (Fsp3) is 0.478. The predicted octanol–water partition coefficient (Wildman–Crippen LogP) is 2.79. The van der Waals surface area contributed by atoms with Crippen molar-refractivity contribution in [2.75, 3.05) is 44.3 Å². The Hall–Kier alpha value is -3.20. The third-order valence-electron chi connectivity index (χ3n) is 6.03. The molecule has 0 bridgehead atoms. The molecule has 2 aliphatic rings. The number of anilines is 1. The van der Waals surface area contributed by atoms with Gasteiger partial charge >= 0.3 is 6.09 Å². The summed E-state index contributed by atoms with van der Waals surface area (Å²) in [6.45, 7) is 7.57. The van der Waals surface area contributed by atoms with Crippen molar-refractivity contribution in [2.45, 2.75) is 32.3 Å². The molecule has 0 aliphatic carbocycles. The van der Waals surface area contributed by atoms with Crippen LogP contribution in [0.3, 0.4) is 0 Å². The standard InChI is InChI=1S/C23H28N6O3/c1-3-5-19-17(6-4-8-24-19)18-14-25-29-9-7-20(26-21(18)29)27-10-12-28(13-11-27)22(30)32-23(2)15-31-16-23/h4,6-9,14H,3,5,10-13,15-16H2,1-2H3. The minimum absolute atomic E-state index is 0.267. The molecule has 0 atom stereocenters. The summed E-state index contributed by atoms with van der Waals surface area (Å²) in [4.78, 5) is 25.9. The van der Waals surface area contributed by atoms with Gasteiger partial charge in [-0.25, -0.2) is 14.3 Å². The first kappa shape index (κ1) is 20.7. The van der Waals surface area contributed by atoms with E-state index in [-0.39, 0.29) is 6.09 Å². The van der Waals surface area contributed by atoms with Gasteiger partial charge in [-0.05, 0) is 25.5 Å². The second-order valence-electron chi connectivity index (χ2n) is 8.64. The number of pyridine rings is 1. The first-order valence-corrected chi connectivity index (χ1v) is 11.2. The Bertz CT molecular complexity index is 1120. The molecule has 0 radical (unpaired) electrons. The van der Waals surface area contributed by atoms with Crippen LogP contribution in [0.15, 0.2) is 36.8 Å². The molecule has 3 aromatic heterocycles. The van der Waals surface area contributed by atoms with E-state index in [1.165, 1.54) is 0 Å².